The van der Waals surface area contributed by atoms with Crippen LogP contribution in [0.1, 0.15) is 18.0 Å². The van der Waals surface area contributed by atoms with Crippen molar-refractivity contribution in [3.63, 3.8) is 0 Å². The Kier molecular flexibility index (Phi) is 3.76. The Balaban J connectivity index is 1.83. The Morgan fingerprint density at radius 3 is 2.76 bits per heavy atom. The van der Waals surface area contributed by atoms with E-state index in [1.54, 1.807) is 0 Å². The van der Waals surface area contributed by atoms with Crippen LogP contribution in [0.5, 0.6) is 0 Å². The first-order valence-corrected chi connectivity index (χ1v) is 5.86. The lowest BCUT2D eigenvalue weighted by Crippen LogP contribution is -2.48. The number of hydrogen-bond acceptors (Lipinski definition) is 4. The van der Waals surface area contributed by atoms with Crippen LogP contribution in [0.25, 0.3) is 0 Å². The van der Waals surface area contributed by atoms with E-state index in [2.05, 4.69) is 4.90 Å². The van der Waals surface area contributed by atoms with Gasteiger partial charge >= 0.3 is 5.97 Å². The van der Waals surface area contributed by atoms with E-state index >= 15 is 0 Å². The number of esters is 1. The van der Waals surface area contributed by atoms with Gasteiger partial charge in [-0.2, -0.15) is 0 Å². The maximum absolute atomic E-state index is 11.7. The Labute approximate surface area is 101 Å². The number of likely N-dealkylation sites (tertiary alicyclic amines) is 1. The Morgan fingerprint density at radius 1 is 1.53 bits per heavy atom. The normalized spacial score (nSPS) is 21.6. The van der Waals surface area contributed by atoms with Crippen LogP contribution < -0.4 is 5.73 Å². The Bertz CT molecular complexity index is 380. The second-order valence-corrected chi connectivity index (χ2v) is 4.44. The zero-order valence-corrected chi connectivity index (χ0v) is 10.0. The maximum Gasteiger partial charge on any atom is 0.327 e. The fraction of sp³-hybridized carbons (Fsp3) is 0.462. The third-order valence-corrected chi connectivity index (χ3v) is 3.27. The van der Waals surface area contributed by atoms with Gasteiger partial charge in [-0.05, 0) is 25.6 Å². The van der Waals surface area contributed by atoms with Crippen LogP contribution in [0, 0.1) is 0 Å². The van der Waals surface area contributed by atoms with Gasteiger partial charge in [0.05, 0.1) is 0 Å². The van der Waals surface area contributed by atoms with Gasteiger partial charge in [0, 0.05) is 6.04 Å². The molecule has 0 aliphatic carbocycles. The maximum atomic E-state index is 11.7. The van der Waals surface area contributed by atoms with E-state index in [0.29, 0.717) is 12.6 Å². The van der Waals surface area contributed by atoms with Crippen LogP contribution in [-0.4, -0.2) is 37.1 Å². The smallest absolute Gasteiger partial charge is 0.327 e. The number of carbonyl (C=O) groups excluding carboxylic acids is 1. The van der Waals surface area contributed by atoms with Crippen LogP contribution in [0.4, 0.5) is 0 Å². The summed E-state index contributed by atoms with van der Waals surface area (Å²) in [5.41, 5.74) is 6.62. The third-order valence-electron chi connectivity index (χ3n) is 3.27. The molecular weight excluding hydrogens is 216 g/mol. The van der Waals surface area contributed by atoms with Crippen molar-refractivity contribution in [3.05, 3.63) is 35.9 Å². The predicted octanol–water partition coefficient (Wildman–Crippen LogP) is 0.934. The van der Waals surface area contributed by atoms with E-state index in [4.69, 9.17) is 10.5 Å². The molecule has 0 radical (unpaired) electrons. The van der Waals surface area contributed by atoms with Crippen molar-refractivity contribution in [2.75, 3.05) is 20.2 Å². The lowest BCUT2D eigenvalue weighted by molar-refractivity contribution is -0.148. The number of ether oxygens (including phenoxy) is 1. The van der Waals surface area contributed by atoms with E-state index < -0.39 is 6.04 Å². The summed E-state index contributed by atoms with van der Waals surface area (Å²) in [6, 6.07) is 8.97. The van der Waals surface area contributed by atoms with Crippen LogP contribution in [0.3, 0.4) is 0 Å². The van der Waals surface area contributed by atoms with Gasteiger partial charge in [-0.3, -0.25) is 4.90 Å². The minimum Gasteiger partial charge on any atom is -0.463 e. The number of rotatable bonds is 4. The minimum absolute atomic E-state index is 0.350. The van der Waals surface area contributed by atoms with Crippen LogP contribution in [0.15, 0.2) is 30.3 Å². The van der Waals surface area contributed by atoms with Crippen molar-refractivity contribution >= 4 is 5.97 Å². The molecule has 1 heterocycles. The number of nitrogens with zero attached hydrogens (tertiary/aromatic N) is 1. The quantitative estimate of drug-likeness (QED) is 0.788. The lowest BCUT2D eigenvalue weighted by Gasteiger charge is -2.37. The molecule has 0 saturated carbocycles. The molecule has 2 atom stereocenters. The van der Waals surface area contributed by atoms with E-state index in [1.165, 1.54) is 0 Å². The molecule has 0 amide bonds. The van der Waals surface area contributed by atoms with Crippen LogP contribution in [0.2, 0.25) is 0 Å². The van der Waals surface area contributed by atoms with Crippen LogP contribution in [-0.2, 0) is 9.53 Å². The fourth-order valence-electron chi connectivity index (χ4n) is 1.85. The molecule has 4 heteroatoms. The second-order valence-electron chi connectivity index (χ2n) is 4.44. The molecular formula is C13H18N2O2. The third kappa shape index (κ3) is 2.84. The monoisotopic (exact) mass is 234 g/mol. The number of benzene rings is 1. The summed E-state index contributed by atoms with van der Waals surface area (Å²) >= 11 is 0. The summed E-state index contributed by atoms with van der Waals surface area (Å²) in [4.78, 5) is 13.9. The van der Waals surface area contributed by atoms with Gasteiger partial charge < -0.3 is 10.5 Å². The summed E-state index contributed by atoms with van der Waals surface area (Å²) in [5, 5.41) is 0. The summed E-state index contributed by atoms with van der Waals surface area (Å²) in [7, 11) is 2.03. The molecule has 1 unspecified atom stereocenters. The van der Waals surface area contributed by atoms with Crippen LogP contribution >= 0.6 is 0 Å². The first-order chi connectivity index (χ1) is 8.18. The Morgan fingerprint density at radius 2 is 2.24 bits per heavy atom. The molecule has 1 saturated heterocycles. The van der Waals surface area contributed by atoms with Gasteiger partial charge in [-0.25, -0.2) is 4.79 Å². The van der Waals surface area contributed by atoms with E-state index in [1.807, 2.05) is 37.4 Å². The van der Waals surface area contributed by atoms with E-state index in [9.17, 15) is 4.79 Å². The van der Waals surface area contributed by atoms with Gasteiger partial charge in [0.15, 0.2) is 0 Å². The Hall–Kier alpha value is -1.39. The molecule has 0 spiro atoms. The van der Waals surface area contributed by atoms with E-state index in [-0.39, 0.29) is 5.97 Å². The summed E-state index contributed by atoms with van der Waals surface area (Å²) < 4.78 is 5.23. The fourth-order valence-corrected chi connectivity index (χ4v) is 1.85. The predicted molar refractivity (Wildman–Crippen MR) is 65.4 cm³/mol. The van der Waals surface area contributed by atoms with Crippen molar-refractivity contribution in [1.29, 1.82) is 0 Å². The first-order valence-electron chi connectivity index (χ1n) is 5.86. The molecule has 1 aromatic carbocycles. The minimum atomic E-state index is -0.679. The zero-order valence-electron chi connectivity index (χ0n) is 10.0. The zero-order chi connectivity index (χ0) is 12.3. The summed E-state index contributed by atoms with van der Waals surface area (Å²) in [6.07, 6.45) is 1.09. The van der Waals surface area contributed by atoms with Gasteiger partial charge in [-0.15, -0.1) is 0 Å². The van der Waals surface area contributed by atoms with Gasteiger partial charge in [-0.1, -0.05) is 30.3 Å². The standard InChI is InChI=1S/C13H18N2O2/c1-15-8-7-11(15)9-17-13(16)12(14)10-5-3-2-4-6-10/h2-6,11-12H,7-9,14H2,1H3/t11-,12?/m1/s1. The van der Waals surface area contributed by atoms with Gasteiger partial charge in [0.2, 0.25) is 0 Å². The highest BCUT2D eigenvalue weighted by Crippen LogP contribution is 2.16. The van der Waals surface area contributed by atoms with Crippen molar-refractivity contribution in [1.82, 2.24) is 4.90 Å². The highest BCUT2D eigenvalue weighted by Gasteiger charge is 2.26. The number of nitrogens with two attached hydrogens (primary N) is 1. The molecule has 2 rings (SSSR count). The molecule has 1 aliphatic heterocycles. The molecule has 1 aliphatic rings. The van der Waals surface area contributed by atoms with Crippen molar-refractivity contribution < 1.29 is 9.53 Å². The molecule has 2 N–H and O–H groups in total. The largest absolute Gasteiger partial charge is 0.463 e. The average molecular weight is 234 g/mol. The topological polar surface area (TPSA) is 55.6 Å². The number of carbonyl (C=O) groups is 1. The first kappa shape index (κ1) is 12.1. The highest BCUT2D eigenvalue weighted by atomic mass is 16.5. The number of hydrogen-bond donors (Lipinski definition) is 1. The van der Waals surface area contributed by atoms with Crippen molar-refractivity contribution in [2.24, 2.45) is 5.73 Å². The van der Waals surface area contributed by atoms with Crippen molar-refractivity contribution in [2.45, 2.75) is 18.5 Å². The highest BCUT2D eigenvalue weighted by molar-refractivity contribution is 5.77. The second kappa shape index (κ2) is 5.29. The lowest BCUT2D eigenvalue weighted by atomic mass is 10.1. The molecule has 0 bridgehead atoms. The molecule has 92 valence electrons. The molecule has 17 heavy (non-hydrogen) atoms. The summed E-state index contributed by atoms with van der Waals surface area (Å²) in [5.74, 6) is -0.350. The number of likely N-dealkylation sites (N-methyl/N-ethyl adjacent to an activating group) is 1. The summed E-state index contributed by atoms with van der Waals surface area (Å²) in [6.45, 7) is 1.52. The molecule has 0 aromatic heterocycles. The SMILES string of the molecule is CN1CC[C@@H]1COC(=O)C(N)c1ccccc1. The van der Waals surface area contributed by atoms with E-state index in [0.717, 1.165) is 18.5 Å². The van der Waals surface area contributed by atoms with Crippen molar-refractivity contribution in [3.8, 4) is 0 Å². The average Bonchev–Trinajstić information content (AvgIpc) is 2.37. The molecule has 1 aromatic rings. The van der Waals surface area contributed by atoms with Gasteiger partial charge in [0.25, 0.3) is 0 Å². The molecule has 4 nitrogen and oxygen atoms in total. The van der Waals surface area contributed by atoms with Gasteiger partial charge in [0.1, 0.15) is 12.6 Å². The molecule has 1 fully saturated rings.